The Kier molecular flexibility index (Phi) is 7.94. The molecule has 1 aromatic heterocycles. The van der Waals surface area contributed by atoms with E-state index in [1.807, 2.05) is 0 Å². The van der Waals surface area contributed by atoms with Crippen LogP contribution in [-0.2, 0) is 27.6 Å². The zero-order valence-corrected chi connectivity index (χ0v) is 19.0. The summed E-state index contributed by atoms with van der Waals surface area (Å²) in [6, 6.07) is 16.5. The van der Waals surface area contributed by atoms with Crippen molar-refractivity contribution >= 4 is 21.7 Å². The van der Waals surface area contributed by atoms with Gasteiger partial charge in [0, 0.05) is 24.2 Å². The van der Waals surface area contributed by atoms with Crippen molar-refractivity contribution in [2.45, 2.75) is 17.9 Å². The Morgan fingerprint density at radius 1 is 0.971 bits per heavy atom. The SMILES string of the molecule is C=CNC(=O)c1cc(Oc2ccc(CNC(=O)Cc3cccc(S(=O)(=O)C=C)c3)cc2)ccn1. The second kappa shape index (κ2) is 11.1. The molecule has 0 saturated carbocycles. The molecule has 0 radical (unpaired) electrons. The van der Waals surface area contributed by atoms with E-state index in [2.05, 4.69) is 28.8 Å². The predicted molar refractivity (Wildman–Crippen MR) is 128 cm³/mol. The number of hydrogen-bond acceptors (Lipinski definition) is 6. The number of aromatic nitrogens is 1. The van der Waals surface area contributed by atoms with Crippen molar-refractivity contribution in [1.82, 2.24) is 15.6 Å². The van der Waals surface area contributed by atoms with Gasteiger partial charge in [0.25, 0.3) is 5.91 Å². The number of carbonyl (C=O) groups excluding carboxylic acids is 2. The highest BCUT2D eigenvalue weighted by atomic mass is 32.2. The van der Waals surface area contributed by atoms with Crippen LogP contribution in [0.1, 0.15) is 21.6 Å². The van der Waals surface area contributed by atoms with Gasteiger partial charge < -0.3 is 15.4 Å². The standard InChI is InChI=1S/C25H23N3O5S/c1-3-26-25(30)23-16-21(12-13-27-23)33-20-10-8-18(9-11-20)17-28-24(29)15-19-6-5-7-22(14-19)34(31,32)4-2/h3-14,16H,1-2,15,17H2,(H,26,30)(H,28,29). The quantitative estimate of drug-likeness (QED) is 0.462. The number of ether oxygens (including phenoxy) is 1. The van der Waals surface area contributed by atoms with Crippen molar-refractivity contribution in [1.29, 1.82) is 0 Å². The van der Waals surface area contributed by atoms with Gasteiger partial charge in [-0.2, -0.15) is 0 Å². The molecule has 0 aliphatic rings. The van der Waals surface area contributed by atoms with Crippen LogP contribution < -0.4 is 15.4 Å². The monoisotopic (exact) mass is 477 g/mol. The maximum absolute atomic E-state index is 12.3. The summed E-state index contributed by atoms with van der Waals surface area (Å²) in [6.45, 7) is 7.05. The molecule has 1 heterocycles. The van der Waals surface area contributed by atoms with Crippen molar-refractivity contribution in [2.24, 2.45) is 0 Å². The molecule has 0 fully saturated rings. The molecule has 2 N–H and O–H groups in total. The first-order valence-electron chi connectivity index (χ1n) is 10.2. The average Bonchev–Trinajstić information content (AvgIpc) is 2.84. The molecule has 3 rings (SSSR count). The maximum Gasteiger partial charge on any atom is 0.273 e. The van der Waals surface area contributed by atoms with E-state index < -0.39 is 9.84 Å². The molecule has 3 aromatic rings. The van der Waals surface area contributed by atoms with Gasteiger partial charge in [0.2, 0.25) is 5.91 Å². The van der Waals surface area contributed by atoms with Crippen molar-refractivity contribution in [2.75, 3.05) is 0 Å². The highest BCUT2D eigenvalue weighted by Gasteiger charge is 2.12. The molecular weight excluding hydrogens is 454 g/mol. The molecule has 34 heavy (non-hydrogen) atoms. The lowest BCUT2D eigenvalue weighted by molar-refractivity contribution is -0.120. The van der Waals surface area contributed by atoms with E-state index in [0.717, 1.165) is 11.0 Å². The number of benzene rings is 2. The fourth-order valence-electron chi connectivity index (χ4n) is 2.95. The third-order valence-corrected chi connectivity index (χ3v) is 6.01. The van der Waals surface area contributed by atoms with Gasteiger partial charge in [0.15, 0.2) is 9.84 Å². The lowest BCUT2D eigenvalue weighted by atomic mass is 10.1. The second-order valence-electron chi connectivity index (χ2n) is 7.11. The molecule has 0 atom stereocenters. The van der Waals surface area contributed by atoms with Crippen molar-refractivity contribution in [3.05, 3.63) is 108 Å². The summed E-state index contributed by atoms with van der Waals surface area (Å²) in [6.07, 6.45) is 2.80. The van der Waals surface area contributed by atoms with Crippen LogP contribution in [0.5, 0.6) is 11.5 Å². The van der Waals surface area contributed by atoms with Crippen LogP contribution >= 0.6 is 0 Å². The Morgan fingerprint density at radius 2 is 1.74 bits per heavy atom. The Hall–Kier alpha value is -4.24. The summed E-state index contributed by atoms with van der Waals surface area (Å²) in [5.41, 5.74) is 1.64. The van der Waals surface area contributed by atoms with Gasteiger partial charge in [-0.15, -0.1) is 0 Å². The van der Waals surface area contributed by atoms with Gasteiger partial charge in [-0.05, 0) is 47.7 Å². The number of sulfone groups is 1. The molecule has 8 nitrogen and oxygen atoms in total. The summed E-state index contributed by atoms with van der Waals surface area (Å²) in [4.78, 5) is 28.2. The Balaban J connectivity index is 1.55. The molecule has 0 aliphatic heterocycles. The Bertz CT molecular complexity index is 1320. The zero-order valence-electron chi connectivity index (χ0n) is 18.2. The highest BCUT2D eigenvalue weighted by Crippen LogP contribution is 2.22. The fraction of sp³-hybridized carbons (Fsp3) is 0.0800. The van der Waals surface area contributed by atoms with Gasteiger partial charge >= 0.3 is 0 Å². The summed E-state index contributed by atoms with van der Waals surface area (Å²) < 4.78 is 29.6. The van der Waals surface area contributed by atoms with Crippen LogP contribution in [0.2, 0.25) is 0 Å². The van der Waals surface area contributed by atoms with E-state index in [4.69, 9.17) is 4.74 Å². The minimum absolute atomic E-state index is 0.0471. The zero-order chi connectivity index (χ0) is 24.6. The molecule has 2 aromatic carbocycles. The van der Waals surface area contributed by atoms with Crippen LogP contribution in [0.3, 0.4) is 0 Å². The van der Waals surface area contributed by atoms with Gasteiger partial charge in [-0.1, -0.05) is 37.4 Å². The Morgan fingerprint density at radius 3 is 2.44 bits per heavy atom. The highest BCUT2D eigenvalue weighted by molar-refractivity contribution is 7.94. The number of nitrogens with one attached hydrogen (secondary N) is 2. The first-order valence-corrected chi connectivity index (χ1v) is 11.7. The average molecular weight is 478 g/mol. The summed E-state index contributed by atoms with van der Waals surface area (Å²) >= 11 is 0. The molecule has 9 heteroatoms. The largest absolute Gasteiger partial charge is 0.457 e. The van der Waals surface area contributed by atoms with Crippen molar-refractivity contribution < 1.29 is 22.7 Å². The number of pyridine rings is 1. The summed E-state index contributed by atoms with van der Waals surface area (Å²) in [7, 11) is -3.55. The van der Waals surface area contributed by atoms with Crippen LogP contribution in [0.4, 0.5) is 0 Å². The van der Waals surface area contributed by atoms with E-state index >= 15 is 0 Å². The topological polar surface area (TPSA) is 114 Å². The number of nitrogens with zero attached hydrogens (tertiary/aromatic N) is 1. The normalized spacial score (nSPS) is 10.7. The van der Waals surface area contributed by atoms with Crippen LogP contribution in [0.15, 0.2) is 96.5 Å². The molecule has 0 saturated heterocycles. The maximum atomic E-state index is 12.3. The summed E-state index contributed by atoms with van der Waals surface area (Å²) in [5, 5.41) is 6.14. The van der Waals surface area contributed by atoms with Gasteiger partial charge in [0.1, 0.15) is 17.2 Å². The number of rotatable bonds is 10. The van der Waals surface area contributed by atoms with E-state index in [1.165, 1.54) is 30.6 Å². The molecular formula is C25H23N3O5S. The van der Waals surface area contributed by atoms with Crippen LogP contribution in [-0.4, -0.2) is 25.2 Å². The van der Waals surface area contributed by atoms with Gasteiger partial charge in [-0.25, -0.2) is 8.42 Å². The Labute approximate surface area is 197 Å². The third kappa shape index (κ3) is 6.63. The van der Waals surface area contributed by atoms with Crippen molar-refractivity contribution in [3.63, 3.8) is 0 Å². The van der Waals surface area contributed by atoms with Gasteiger partial charge in [0.05, 0.1) is 11.3 Å². The molecule has 0 unspecified atom stereocenters. The van der Waals surface area contributed by atoms with Crippen molar-refractivity contribution in [3.8, 4) is 11.5 Å². The molecule has 2 amide bonds. The molecule has 0 aliphatic carbocycles. The van der Waals surface area contributed by atoms with Crippen LogP contribution in [0.25, 0.3) is 0 Å². The van der Waals surface area contributed by atoms with E-state index in [1.54, 1.807) is 42.5 Å². The first kappa shape index (κ1) is 24.4. The lowest BCUT2D eigenvalue weighted by Gasteiger charge is -2.09. The predicted octanol–water partition coefficient (Wildman–Crippen LogP) is 3.52. The third-order valence-electron chi connectivity index (χ3n) is 4.66. The minimum Gasteiger partial charge on any atom is -0.457 e. The van der Waals surface area contributed by atoms with Gasteiger partial charge in [-0.3, -0.25) is 14.6 Å². The number of carbonyl (C=O) groups is 2. The number of hydrogen-bond donors (Lipinski definition) is 2. The molecule has 0 bridgehead atoms. The molecule has 174 valence electrons. The smallest absolute Gasteiger partial charge is 0.273 e. The van der Waals surface area contributed by atoms with E-state index in [9.17, 15) is 18.0 Å². The van der Waals surface area contributed by atoms with E-state index in [0.29, 0.717) is 23.6 Å². The molecule has 0 spiro atoms. The second-order valence-corrected chi connectivity index (χ2v) is 9.01. The first-order chi connectivity index (χ1) is 16.3. The minimum atomic E-state index is -3.55. The lowest BCUT2D eigenvalue weighted by Crippen LogP contribution is -2.24. The number of amides is 2. The fourth-order valence-corrected chi connectivity index (χ4v) is 3.73. The van der Waals surface area contributed by atoms with E-state index in [-0.39, 0.29) is 28.8 Å². The summed E-state index contributed by atoms with van der Waals surface area (Å²) in [5.74, 6) is 0.374. The van der Waals surface area contributed by atoms with Crippen LogP contribution in [0, 0.1) is 0 Å².